The number of carbonyl (C=O) groups is 1. The van der Waals surface area contributed by atoms with Gasteiger partial charge in [-0.2, -0.15) is 0 Å². The van der Waals surface area contributed by atoms with Crippen molar-refractivity contribution in [1.29, 1.82) is 0 Å². The summed E-state index contributed by atoms with van der Waals surface area (Å²) in [4.78, 5) is 14.7. The van der Waals surface area contributed by atoms with Crippen molar-refractivity contribution in [3.63, 3.8) is 0 Å². The van der Waals surface area contributed by atoms with Gasteiger partial charge in [-0.15, -0.1) is 0 Å². The zero-order chi connectivity index (χ0) is 13.8. The molecule has 0 saturated carbocycles. The van der Waals surface area contributed by atoms with E-state index in [-0.39, 0.29) is 5.91 Å². The van der Waals surface area contributed by atoms with Crippen LogP contribution in [0, 0.1) is 5.92 Å². The number of benzene rings is 1. The third-order valence-corrected chi connectivity index (χ3v) is 4.76. The van der Waals surface area contributed by atoms with Crippen LogP contribution in [0.2, 0.25) is 0 Å². The first-order valence-corrected chi connectivity index (χ1v) is 7.69. The molecule has 3 nitrogen and oxygen atoms in total. The second kappa shape index (κ2) is 6.42. The van der Waals surface area contributed by atoms with E-state index < -0.39 is 0 Å². The van der Waals surface area contributed by atoms with Gasteiger partial charge in [-0.1, -0.05) is 22.9 Å². The minimum Gasteiger partial charge on any atom is -0.494 e. The highest BCUT2D eigenvalue weighted by Gasteiger charge is 2.27. The molecular weight excluding hydrogens is 306 g/mol. The zero-order valence-corrected chi connectivity index (χ0v) is 13.0. The highest BCUT2D eigenvalue weighted by atomic mass is 79.9. The van der Waals surface area contributed by atoms with E-state index in [0.717, 1.165) is 30.8 Å². The molecule has 0 spiro atoms. The molecule has 1 aromatic rings. The summed E-state index contributed by atoms with van der Waals surface area (Å²) >= 11 is 3.65. The van der Waals surface area contributed by atoms with Gasteiger partial charge in [0.15, 0.2) is 0 Å². The number of hydrogen-bond acceptors (Lipinski definition) is 2. The van der Waals surface area contributed by atoms with E-state index in [9.17, 15) is 4.79 Å². The Hall–Kier alpha value is -1.03. The maximum atomic E-state index is 12.4. The molecule has 1 fully saturated rings. The third kappa shape index (κ3) is 3.50. The third-order valence-electron chi connectivity index (χ3n) is 3.57. The molecule has 0 radical (unpaired) electrons. The molecule has 1 amide bonds. The number of halogens is 1. The average Bonchev–Trinajstić information content (AvgIpc) is 2.42. The monoisotopic (exact) mass is 325 g/mol. The van der Waals surface area contributed by atoms with Gasteiger partial charge < -0.3 is 9.64 Å². The van der Waals surface area contributed by atoms with Crippen LogP contribution >= 0.6 is 15.9 Å². The van der Waals surface area contributed by atoms with Crippen LogP contribution in [0.4, 0.5) is 0 Å². The predicted molar refractivity (Wildman–Crippen MR) is 80.0 cm³/mol. The predicted octanol–water partition coefficient (Wildman–Crippen LogP) is 3.33. The minimum absolute atomic E-state index is 0.111. The first kappa shape index (κ1) is 14.4. The van der Waals surface area contributed by atoms with E-state index in [1.807, 2.05) is 36.1 Å². The van der Waals surface area contributed by atoms with Crippen LogP contribution in [-0.2, 0) is 0 Å². The number of rotatable bonds is 3. The maximum Gasteiger partial charge on any atom is 0.253 e. The van der Waals surface area contributed by atoms with E-state index in [1.54, 1.807) is 0 Å². The second-order valence-electron chi connectivity index (χ2n) is 4.99. The fourth-order valence-corrected chi connectivity index (χ4v) is 2.86. The molecule has 1 aromatic carbocycles. The summed E-state index contributed by atoms with van der Waals surface area (Å²) in [5.74, 6) is 1.55. The van der Waals surface area contributed by atoms with Crippen LogP contribution in [0.5, 0.6) is 5.75 Å². The number of amides is 1. The lowest BCUT2D eigenvalue weighted by atomic mass is 9.98. The maximum absolute atomic E-state index is 12.4. The Morgan fingerprint density at radius 1 is 1.42 bits per heavy atom. The van der Waals surface area contributed by atoms with Gasteiger partial charge in [0.25, 0.3) is 5.91 Å². The van der Waals surface area contributed by atoms with Gasteiger partial charge in [-0.3, -0.25) is 4.79 Å². The van der Waals surface area contributed by atoms with Crippen molar-refractivity contribution in [2.24, 2.45) is 5.92 Å². The first-order chi connectivity index (χ1) is 9.11. The van der Waals surface area contributed by atoms with Crippen molar-refractivity contribution in [3.8, 4) is 5.75 Å². The fourth-order valence-electron chi connectivity index (χ4n) is 2.25. The lowest BCUT2D eigenvalue weighted by molar-refractivity contribution is 0.0706. The number of alkyl halides is 1. The summed E-state index contributed by atoms with van der Waals surface area (Å²) < 4.78 is 5.38. The number of ether oxygens (including phenoxy) is 1. The van der Waals surface area contributed by atoms with Gasteiger partial charge in [0.1, 0.15) is 5.75 Å². The number of nitrogens with zero attached hydrogens (tertiary/aromatic N) is 1. The highest BCUT2D eigenvalue weighted by Crippen LogP contribution is 2.24. The molecular formula is C15H20BrNO2. The standard InChI is InChI=1S/C15H20BrNO2/c1-3-19-13-6-4-12(5-7-13)15(18)17-9-8-11(2)14(16)10-17/h4-7,11,14H,3,8-10H2,1-2H3. The molecule has 0 bridgehead atoms. The average molecular weight is 326 g/mol. The van der Waals surface area contributed by atoms with Crippen molar-refractivity contribution >= 4 is 21.8 Å². The van der Waals surface area contributed by atoms with Crippen LogP contribution in [-0.4, -0.2) is 35.3 Å². The van der Waals surface area contributed by atoms with Crippen LogP contribution in [0.25, 0.3) is 0 Å². The molecule has 2 unspecified atom stereocenters. The van der Waals surface area contributed by atoms with Crippen molar-refractivity contribution in [1.82, 2.24) is 4.90 Å². The Labute approximate surface area is 123 Å². The molecule has 4 heteroatoms. The lowest BCUT2D eigenvalue weighted by Crippen LogP contribution is -2.43. The van der Waals surface area contributed by atoms with Crippen molar-refractivity contribution in [2.45, 2.75) is 25.1 Å². The normalized spacial score (nSPS) is 23.2. The van der Waals surface area contributed by atoms with Crippen LogP contribution < -0.4 is 4.74 Å². The van der Waals surface area contributed by atoms with Gasteiger partial charge in [0.05, 0.1) is 6.61 Å². The zero-order valence-electron chi connectivity index (χ0n) is 11.4. The molecule has 0 N–H and O–H groups in total. The Bertz CT molecular complexity index is 432. The van der Waals surface area contributed by atoms with Gasteiger partial charge in [-0.25, -0.2) is 0 Å². The molecule has 1 heterocycles. The molecule has 1 aliphatic heterocycles. The molecule has 0 aliphatic carbocycles. The highest BCUT2D eigenvalue weighted by molar-refractivity contribution is 9.09. The quantitative estimate of drug-likeness (QED) is 0.798. The minimum atomic E-state index is 0.111. The molecule has 2 rings (SSSR count). The summed E-state index contributed by atoms with van der Waals surface area (Å²) in [6.45, 7) is 6.44. The fraction of sp³-hybridized carbons (Fsp3) is 0.533. The Balaban J connectivity index is 2.03. The summed E-state index contributed by atoms with van der Waals surface area (Å²) in [7, 11) is 0. The van der Waals surface area contributed by atoms with E-state index in [4.69, 9.17) is 4.74 Å². The molecule has 0 aromatic heterocycles. The summed E-state index contributed by atoms with van der Waals surface area (Å²) in [5, 5.41) is 0. The first-order valence-electron chi connectivity index (χ1n) is 6.78. The van der Waals surface area contributed by atoms with Crippen LogP contribution in [0.3, 0.4) is 0 Å². The Morgan fingerprint density at radius 2 is 2.11 bits per heavy atom. The molecule has 1 aliphatic rings. The number of hydrogen-bond donors (Lipinski definition) is 0. The topological polar surface area (TPSA) is 29.5 Å². The van der Waals surface area contributed by atoms with Crippen LogP contribution in [0.1, 0.15) is 30.6 Å². The van der Waals surface area contributed by atoms with E-state index >= 15 is 0 Å². The summed E-state index contributed by atoms with van der Waals surface area (Å²) in [6.07, 6.45) is 1.05. The molecule has 19 heavy (non-hydrogen) atoms. The summed E-state index contributed by atoms with van der Waals surface area (Å²) in [6, 6.07) is 7.40. The van der Waals surface area contributed by atoms with E-state index in [2.05, 4.69) is 22.9 Å². The molecule has 104 valence electrons. The Kier molecular flexibility index (Phi) is 4.86. The van der Waals surface area contributed by atoms with Crippen molar-refractivity contribution in [2.75, 3.05) is 19.7 Å². The van der Waals surface area contributed by atoms with E-state index in [0.29, 0.717) is 17.4 Å². The molecule has 1 saturated heterocycles. The van der Waals surface area contributed by atoms with Crippen molar-refractivity contribution in [3.05, 3.63) is 29.8 Å². The smallest absolute Gasteiger partial charge is 0.253 e. The van der Waals surface area contributed by atoms with E-state index in [1.165, 1.54) is 0 Å². The van der Waals surface area contributed by atoms with Crippen molar-refractivity contribution < 1.29 is 9.53 Å². The SMILES string of the molecule is CCOc1ccc(C(=O)N2CCC(C)C(Br)C2)cc1. The number of likely N-dealkylation sites (tertiary alicyclic amines) is 1. The van der Waals surface area contributed by atoms with Gasteiger partial charge >= 0.3 is 0 Å². The van der Waals surface area contributed by atoms with Gasteiger partial charge in [-0.05, 0) is 43.5 Å². The Morgan fingerprint density at radius 3 is 2.68 bits per heavy atom. The largest absolute Gasteiger partial charge is 0.494 e. The van der Waals surface area contributed by atoms with Crippen LogP contribution in [0.15, 0.2) is 24.3 Å². The number of carbonyl (C=O) groups excluding carboxylic acids is 1. The second-order valence-corrected chi connectivity index (χ2v) is 6.17. The number of piperidine rings is 1. The summed E-state index contributed by atoms with van der Waals surface area (Å²) in [5.41, 5.74) is 0.734. The van der Waals surface area contributed by atoms with Gasteiger partial charge in [0, 0.05) is 23.5 Å². The molecule has 2 atom stereocenters. The lowest BCUT2D eigenvalue weighted by Gasteiger charge is -2.34. The van der Waals surface area contributed by atoms with Gasteiger partial charge in [0.2, 0.25) is 0 Å².